The number of hydrogen-bond acceptors (Lipinski definition) is 6. The van der Waals surface area contributed by atoms with Crippen LogP contribution in [0.1, 0.15) is 31.9 Å². The number of amides is 1. The molecular weight excluding hydrogens is 386 g/mol. The van der Waals surface area contributed by atoms with Crippen molar-refractivity contribution in [3.05, 3.63) is 69.2 Å². The van der Waals surface area contributed by atoms with Gasteiger partial charge in [-0.15, -0.1) is 0 Å². The predicted molar refractivity (Wildman–Crippen MR) is 111 cm³/mol. The zero-order chi connectivity index (χ0) is 21.3. The molecule has 9 nitrogen and oxygen atoms in total. The lowest BCUT2D eigenvalue weighted by atomic mass is 10.0. The maximum absolute atomic E-state index is 12.9. The quantitative estimate of drug-likeness (QED) is 0.503. The van der Waals surface area contributed by atoms with Crippen molar-refractivity contribution in [2.24, 2.45) is 0 Å². The number of pyridine rings is 1. The van der Waals surface area contributed by atoms with Crippen LogP contribution in [0.4, 0.5) is 0 Å². The number of carbonyl (C=O) groups is 1. The number of nitrogens with one attached hydrogen (secondary N) is 2. The molecule has 0 aliphatic rings. The Hall–Kier alpha value is -3.75. The number of fused-ring (bicyclic) bond motifs is 2. The molecule has 0 radical (unpaired) electrons. The Morgan fingerprint density at radius 3 is 2.73 bits per heavy atom. The molecule has 9 heteroatoms. The second-order valence-corrected chi connectivity index (χ2v) is 7.12. The minimum absolute atomic E-state index is 0.234. The van der Waals surface area contributed by atoms with Crippen molar-refractivity contribution >= 4 is 27.9 Å². The SMILES string of the molecule is CC[C@H](Cn1c(=O)oc2cccnc21)NC(=O)[C@H](C)c1n[nH]c(=O)c2ccccc12. The van der Waals surface area contributed by atoms with Crippen LogP contribution in [0.2, 0.25) is 0 Å². The molecule has 0 bridgehead atoms. The Morgan fingerprint density at radius 2 is 1.97 bits per heavy atom. The fourth-order valence-electron chi connectivity index (χ4n) is 3.47. The van der Waals surface area contributed by atoms with E-state index < -0.39 is 11.7 Å². The summed E-state index contributed by atoms with van der Waals surface area (Å²) in [5, 5.41) is 10.7. The molecule has 1 aromatic carbocycles. The largest absolute Gasteiger partial charge is 0.421 e. The van der Waals surface area contributed by atoms with Crippen molar-refractivity contribution in [2.75, 3.05) is 0 Å². The Labute approximate surface area is 170 Å². The van der Waals surface area contributed by atoms with Gasteiger partial charge in [-0.2, -0.15) is 5.10 Å². The summed E-state index contributed by atoms with van der Waals surface area (Å²) in [6.45, 7) is 3.89. The number of rotatable bonds is 6. The maximum Gasteiger partial charge on any atom is 0.421 e. The third-order valence-corrected chi connectivity index (χ3v) is 5.20. The van der Waals surface area contributed by atoms with E-state index in [9.17, 15) is 14.4 Å². The lowest BCUT2D eigenvalue weighted by molar-refractivity contribution is -0.123. The summed E-state index contributed by atoms with van der Waals surface area (Å²) in [5.74, 6) is -1.37. The summed E-state index contributed by atoms with van der Waals surface area (Å²) in [7, 11) is 0. The van der Waals surface area contributed by atoms with Gasteiger partial charge in [0.25, 0.3) is 5.56 Å². The van der Waals surface area contributed by atoms with Gasteiger partial charge in [-0.3, -0.25) is 14.2 Å². The number of hydrogen-bond donors (Lipinski definition) is 2. The molecule has 0 saturated carbocycles. The summed E-state index contributed by atoms with van der Waals surface area (Å²) in [6.07, 6.45) is 2.19. The molecule has 4 rings (SSSR count). The standard InChI is InChI=1S/C21H21N5O4/c1-3-13(11-26-18-16(30-21(26)29)9-6-10-22-18)23-19(27)12(2)17-14-7-4-5-8-15(14)20(28)25-24-17/h4-10,12-13H,3,11H2,1-2H3,(H,23,27)(H,25,28)/t12-,13-/m1/s1. The van der Waals surface area contributed by atoms with Crippen LogP contribution in [0.25, 0.3) is 22.0 Å². The third kappa shape index (κ3) is 3.49. The summed E-state index contributed by atoms with van der Waals surface area (Å²) < 4.78 is 6.63. The molecule has 0 aliphatic carbocycles. The van der Waals surface area contributed by atoms with Crippen molar-refractivity contribution < 1.29 is 9.21 Å². The van der Waals surface area contributed by atoms with E-state index in [2.05, 4.69) is 20.5 Å². The van der Waals surface area contributed by atoms with Crippen molar-refractivity contribution in [3.8, 4) is 0 Å². The van der Waals surface area contributed by atoms with Gasteiger partial charge in [-0.1, -0.05) is 25.1 Å². The van der Waals surface area contributed by atoms with E-state index in [0.717, 1.165) is 0 Å². The lowest BCUT2D eigenvalue weighted by Gasteiger charge is -2.20. The molecule has 154 valence electrons. The molecule has 0 fully saturated rings. The summed E-state index contributed by atoms with van der Waals surface area (Å²) >= 11 is 0. The third-order valence-electron chi connectivity index (χ3n) is 5.20. The van der Waals surface area contributed by atoms with Crippen LogP contribution < -0.4 is 16.6 Å². The first-order chi connectivity index (χ1) is 14.5. The van der Waals surface area contributed by atoms with Gasteiger partial charge in [0, 0.05) is 17.6 Å². The van der Waals surface area contributed by atoms with Gasteiger partial charge in [0.1, 0.15) is 0 Å². The first kappa shape index (κ1) is 19.6. The predicted octanol–water partition coefficient (Wildman–Crippen LogP) is 1.92. The molecule has 0 unspecified atom stereocenters. The van der Waals surface area contributed by atoms with Crippen LogP contribution in [0.5, 0.6) is 0 Å². The van der Waals surface area contributed by atoms with Crippen LogP contribution in [-0.4, -0.2) is 31.7 Å². The van der Waals surface area contributed by atoms with Crippen molar-refractivity contribution in [1.82, 2.24) is 25.1 Å². The molecule has 1 amide bonds. The van der Waals surface area contributed by atoms with Crippen molar-refractivity contribution in [3.63, 3.8) is 0 Å². The number of aromatic amines is 1. The van der Waals surface area contributed by atoms with Crippen LogP contribution >= 0.6 is 0 Å². The molecule has 0 spiro atoms. The average Bonchev–Trinajstić information content (AvgIpc) is 3.08. The molecular formula is C21H21N5O4. The first-order valence-corrected chi connectivity index (χ1v) is 9.71. The normalized spacial score (nSPS) is 13.4. The van der Waals surface area contributed by atoms with E-state index in [0.29, 0.717) is 34.1 Å². The topological polar surface area (TPSA) is 123 Å². The number of carbonyl (C=O) groups excluding carboxylic acids is 1. The minimum atomic E-state index is -0.600. The number of aromatic nitrogens is 4. The van der Waals surface area contributed by atoms with Crippen LogP contribution in [-0.2, 0) is 11.3 Å². The van der Waals surface area contributed by atoms with Crippen LogP contribution in [0, 0.1) is 0 Å². The Morgan fingerprint density at radius 1 is 1.20 bits per heavy atom. The van der Waals surface area contributed by atoms with Crippen molar-refractivity contribution in [2.45, 2.75) is 38.8 Å². The Kier molecular flexibility index (Phi) is 5.18. The smallest absolute Gasteiger partial charge is 0.406 e. The zero-order valence-electron chi connectivity index (χ0n) is 16.6. The zero-order valence-corrected chi connectivity index (χ0v) is 16.6. The summed E-state index contributed by atoms with van der Waals surface area (Å²) in [5.41, 5.74) is 1.04. The Balaban J connectivity index is 1.58. The summed E-state index contributed by atoms with van der Waals surface area (Å²) in [4.78, 5) is 41.4. The van der Waals surface area contributed by atoms with Gasteiger partial charge in [-0.05, 0) is 31.5 Å². The molecule has 3 aromatic heterocycles. The van der Waals surface area contributed by atoms with Gasteiger partial charge in [0.2, 0.25) is 5.91 Å². The van der Waals surface area contributed by atoms with Gasteiger partial charge >= 0.3 is 5.76 Å². The van der Waals surface area contributed by atoms with Gasteiger partial charge < -0.3 is 9.73 Å². The minimum Gasteiger partial charge on any atom is -0.406 e. The molecule has 30 heavy (non-hydrogen) atoms. The molecule has 3 heterocycles. The lowest BCUT2D eigenvalue weighted by Crippen LogP contribution is -2.41. The molecule has 4 aromatic rings. The fraction of sp³-hybridized carbons (Fsp3) is 0.286. The van der Waals surface area contributed by atoms with E-state index >= 15 is 0 Å². The monoisotopic (exact) mass is 407 g/mol. The van der Waals surface area contributed by atoms with Crippen molar-refractivity contribution in [1.29, 1.82) is 0 Å². The second kappa shape index (κ2) is 7.94. The highest BCUT2D eigenvalue weighted by atomic mass is 16.4. The van der Waals surface area contributed by atoms with E-state index in [1.54, 1.807) is 49.5 Å². The highest BCUT2D eigenvalue weighted by Crippen LogP contribution is 2.21. The van der Waals surface area contributed by atoms with E-state index in [4.69, 9.17) is 4.42 Å². The van der Waals surface area contributed by atoms with Gasteiger partial charge in [0.05, 0.1) is 23.5 Å². The molecule has 0 aliphatic heterocycles. The number of benzene rings is 1. The summed E-state index contributed by atoms with van der Waals surface area (Å²) in [6, 6.07) is 10.1. The highest BCUT2D eigenvalue weighted by Gasteiger charge is 2.23. The van der Waals surface area contributed by atoms with Crippen LogP contribution in [0.3, 0.4) is 0 Å². The van der Waals surface area contributed by atoms with E-state index in [1.165, 1.54) is 4.57 Å². The van der Waals surface area contributed by atoms with Crippen LogP contribution in [0.15, 0.2) is 56.6 Å². The maximum atomic E-state index is 12.9. The van der Waals surface area contributed by atoms with Gasteiger partial charge in [0.15, 0.2) is 11.2 Å². The van der Waals surface area contributed by atoms with Gasteiger partial charge in [-0.25, -0.2) is 14.9 Å². The van der Waals surface area contributed by atoms with E-state index in [-0.39, 0.29) is 24.1 Å². The number of H-pyrrole nitrogens is 1. The number of nitrogens with zero attached hydrogens (tertiary/aromatic N) is 3. The Bertz CT molecular complexity index is 1340. The van der Waals surface area contributed by atoms with E-state index in [1.807, 2.05) is 6.92 Å². The second-order valence-electron chi connectivity index (χ2n) is 7.12. The molecule has 0 saturated heterocycles. The number of oxazole rings is 1. The molecule has 2 N–H and O–H groups in total. The highest BCUT2D eigenvalue weighted by molar-refractivity contribution is 5.91. The fourth-order valence-corrected chi connectivity index (χ4v) is 3.47. The molecule has 2 atom stereocenters. The first-order valence-electron chi connectivity index (χ1n) is 9.71. The average molecular weight is 407 g/mol.